The highest BCUT2D eigenvalue weighted by Crippen LogP contribution is 2.05. The Kier molecular flexibility index (Phi) is 3.76. The maximum atomic E-state index is 11.4. The maximum Gasteiger partial charge on any atom is 0.307 e. The Morgan fingerprint density at radius 3 is 2.65 bits per heavy atom. The third kappa shape index (κ3) is 3.06. The van der Waals surface area contributed by atoms with Crippen LogP contribution in [0, 0.1) is 11.8 Å². The zero-order valence-corrected chi connectivity index (χ0v) is 9.91. The molecule has 2 aromatic rings. The smallest absolute Gasteiger partial charge is 0.307 e. The van der Waals surface area contributed by atoms with Gasteiger partial charge < -0.3 is 9.67 Å². The first-order valence-electron chi connectivity index (χ1n) is 5.12. The van der Waals surface area contributed by atoms with Gasteiger partial charge in [-0.1, -0.05) is 35.3 Å². The Labute approximate surface area is 103 Å². The van der Waals surface area contributed by atoms with Crippen LogP contribution in [0.3, 0.4) is 0 Å². The van der Waals surface area contributed by atoms with Crippen molar-refractivity contribution in [3.05, 3.63) is 56.6 Å². The molecule has 4 heteroatoms. The van der Waals surface area contributed by atoms with E-state index < -0.39 is 0 Å². The Bertz CT molecular complexity index is 599. The SMILES string of the molecule is O=c1sccn1Cc1ccc(C#CCO)cc1. The van der Waals surface area contributed by atoms with Crippen molar-refractivity contribution >= 4 is 11.3 Å². The van der Waals surface area contributed by atoms with Crippen molar-refractivity contribution in [3.8, 4) is 11.8 Å². The first kappa shape index (κ1) is 11.6. The van der Waals surface area contributed by atoms with Gasteiger partial charge in [0.05, 0.1) is 6.54 Å². The minimum atomic E-state index is -0.133. The van der Waals surface area contributed by atoms with E-state index in [9.17, 15) is 4.79 Å². The van der Waals surface area contributed by atoms with E-state index in [1.54, 1.807) is 16.1 Å². The highest BCUT2D eigenvalue weighted by molar-refractivity contribution is 7.07. The van der Waals surface area contributed by atoms with Gasteiger partial charge in [0.15, 0.2) is 0 Å². The normalized spacial score (nSPS) is 9.71. The standard InChI is InChI=1S/C13H11NO2S/c15-8-1-2-11-3-5-12(6-4-11)10-14-7-9-17-13(14)16/h3-7,9,15H,8,10H2. The topological polar surface area (TPSA) is 42.2 Å². The molecule has 0 unspecified atom stereocenters. The van der Waals surface area contributed by atoms with Crippen molar-refractivity contribution in [3.63, 3.8) is 0 Å². The van der Waals surface area contributed by atoms with Gasteiger partial charge in [-0.15, -0.1) is 0 Å². The summed E-state index contributed by atoms with van der Waals surface area (Å²) in [4.78, 5) is 11.4. The lowest BCUT2D eigenvalue weighted by atomic mass is 10.1. The molecular weight excluding hydrogens is 234 g/mol. The lowest BCUT2D eigenvalue weighted by molar-refractivity contribution is 0.350. The predicted molar refractivity (Wildman–Crippen MR) is 68.1 cm³/mol. The van der Waals surface area contributed by atoms with E-state index in [2.05, 4.69) is 11.8 Å². The zero-order valence-electron chi connectivity index (χ0n) is 9.09. The monoisotopic (exact) mass is 245 g/mol. The molecule has 0 spiro atoms. The van der Waals surface area contributed by atoms with Crippen LogP contribution in [0.1, 0.15) is 11.1 Å². The average molecular weight is 245 g/mol. The number of hydrogen-bond acceptors (Lipinski definition) is 3. The molecule has 0 saturated heterocycles. The van der Waals surface area contributed by atoms with E-state index in [-0.39, 0.29) is 11.5 Å². The summed E-state index contributed by atoms with van der Waals surface area (Å²) in [6.45, 7) is 0.447. The Morgan fingerprint density at radius 2 is 2.06 bits per heavy atom. The number of thiazole rings is 1. The van der Waals surface area contributed by atoms with Crippen LogP contribution in [0.4, 0.5) is 0 Å². The third-order valence-corrected chi connectivity index (χ3v) is 2.96. The van der Waals surface area contributed by atoms with Gasteiger partial charge in [0.2, 0.25) is 0 Å². The molecule has 0 fully saturated rings. The summed E-state index contributed by atoms with van der Waals surface area (Å²) in [6, 6.07) is 7.64. The van der Waals surface area contributed by atoms with Crippen molar-refractivity contribution in [1.82, 2.24) is 4.57 Å². The summed E-state index contributed by atoms with van der Waals surface area (Å²) in [6.07, 6.45) is 1.78. The van der Waals surface area contributed by atoms with Crippen molar-refractivity contribution in [2.45, 2.75) is 6.54 Å². The van der Waals surface area contributed by atoms with Crippen LogP contribution in [0.5, 0.6) is 0 Å². The van der Waals surface area contributed by atoms with E-state index in [4.69, 9.17) is 5.11 Å². The van der Waals surface area contributed by atoms with Crippen molar-refractivity contribution in [2.24, 2.45) is 0 Å². The Morgan fingerprint density at radius 1 is 1.29 bits per heavy atom. The highest BCUT2D eigenvalue weighted by Gasteiger charge is 1.98. The first-order chi connectivity index (χ1) is 8.29. The molecule has 1 heterocycles. The predicted octanol–water partition coefficient (Wildman–Crippen LogP) is 1.30. The van der Waals surface area contributed by atoms with Gasteiger partial charge in [-0.2, -0.15) is 0 Å². The summed E-state index contributed by atoms with van der Waals surface area (Å²) in [5, 5.41) is 10.4. The molecule has 1 N–H and O–H groups in total. The van der Waals surface area contributed by atoms with Crippen LogP contribution in [0.25, 0.3) is 0 Å². The fourth-order valence-electron chi connectivity index (χ4n) is 1.44. The van der Waals surface area contributed by atoms with Gasteiger partial charge in [-0.25, -0.2) is 0 Å². The van der Waals surface area contributed by atoms with Gasteiger partial charge >= 0.3 is 4.87 Å². The van der Waals surface area contributed by atoms with E-state index >= 15 is 0 Å². The summed E-state index contributed by atoms with van der Waals surface area (Å²) >= 11 is 1.20. The molecule has 0 radical (unpaired) electrons. The molecule has 2 rings (SSSR count). The van der Waals surface area contributed by atoms with Crippen LogP contribution < -0.4 is 4.87 Å². The fourth-order valence-corrected chi connectivity index (χ4v) is 2.02. The molecule has 0 saturated carbocycles. The number of aliphatic hydroxyl groups excluding tert-OH is 1. The molecule has 1 aromatic heterocycles. The lowest BCUT2D eigenvalue weighted by Gasteiger charge is -2.01. The average Bonchev–Trinajstić information content (AvgIpc) is 2.74. The number of aromatic nitrogens is 1. The summed E-state index contributed by atoms with van der Waals surface area (Å²) in [5.41, 5.74) is 1.92. The number of benzene rings is 1. The van der Waals surface area contributed by atoms with Gasteiger partial charge in [0.1, 0.15) is 6.61 Å². The largest absolute Gasteiger partial charge is 0.384 e. The van der Waals surface area contributed by atoms with Gasteiger partial charge in [-0.3, -0.25) is 4.79 Å². The zero-order chi connectivity index (χ0) is 12.1. The van der Waals surface area contributed by atoms with Crippen molar-refractivity contribution in [1.29, 1.82) is 0 Å². The Hall–Kier alpha value is -1.83. The fraction of sp³-hybridized carbons (Fsp3) is 0.154. The van der Waals surface area contributed by atoms with Gasteiger partial charge in [0.25, 0.3) is 0 Å². The van der Waals surface area contributed by atoms with Gasteiger partial charge in [-0.05, 0) is 17.7 Å². The molecule has 3 nitrogen and oxygen atoms in total. The van der Waals surface area contributed by atoms with Crippen LogP contribution in [0.2, 0.25) is 0 Å². The van der Waals surface area contributed by atoms with Gasteiger partial charge in [0, 0.05) is 17.1 Å². The molecule has 86 valence electrons. The second-order valence-corrected chi connectivity index (χ2v) is 4.31. The third-order valence-electron chi connectivity index (χ3n) is 2.26. The first-order valence-corrected chi connectivity index (χ1v) is 6.00. The van der Waals surface area contributed by atoms with Crippen LogP contribution in [-0.4, -0.2) is 16.3 Å². The number of aliphatic hydroxyl groups is 1. The number of hydrogen-bond donors (Lipinski definition) is 1. The molecule has 17 heavy (non-hydrogen) atoms. The minimum Gasteiger partial charge on any atom is -0.384 e. The Balaban J connectivity index is 2.14. The van der Waals surface area contributed by atoms with Crippen LogP contribution in [0.15, 0.2) is 40.6 Å². The van der Waals surface area contributed by atoms with E-state index in [0.29, 0.717) is 6.54 Å². The van der Waals surface area contributed by atoms with Crippen LogP contribution >= 0.6 is 11.3 Å². The second kappa shape index (κ2) is 5.48. The van der Waals surface area contributed by atoms with Crippen molar-refractivity contribution in [2.75, 3.05) is 6.61 Å². The second-order valence-electron chi connectivity index (χ2n) is 3.45. The molecule has 0 amide bonds. The van der Waals surface area contributed by atoms with E-state index in [1.807, 2.05) is 24.3 Å². The molecule has 0 aliphatic carbocycles. The van der Waals surface area contributed by atoms with E-state index in [0.717, 1.165) is 11.1 Å². The highest BCUT2D eigenvalue weighted by atomic mass is 32.1. The lowest BCUT2D eigenvalue weighted by Crippen LogP contribution is -2.12. The minimum absolute atomic E-state index is 0.0501. The summed E-state index contributed by atoms with van der Waals surface area (Å²) in [5.74, 6) is 5.42. The van der Waals surface area contributed by atoms with Crippen molar-refractivity contribution < 1.29 is 5.11 Å². The molecule has 0 aliphatic heterocycles. The summed E-state index contributed by atoms with van der Waals surface area (Å²) < 4.78 is 1.67. The van der Waals surface area contributed by atoms with E-state index in [1.165, 1.54) is 11.3 Å². The molecule has 1 aromatic carbocycles. The molecular formula is C13H11NO2S. The van der Waals surface area contributed by atoms with Crippen LogP contribution in [-0.2, 0) is 6.54 Å². The molecule has 0 atom stereocenters. The molecule has 0 bridgehead atoms. The molecule has 0 aliphatic rings. The quantitative estimate of drug-likeness (QED) is 0.810. The maximum absolute atomic E-state index is 11.4. The number of nitrogens with zero attached hydrogens (tertiary/aromatic N) is 1. The summed E-state index contributed by atoms with van der Waals surface area (Å²) in [7, 11) is 0. The number of rotatable bonds is 2.